The summed E-state index contributed by atoms with van der Waals surface area (Å²) in [4.78, 5) is 2.18. The van der Waals surface area contributed by atoms with Gasteiger partial charge in [-0.1, -0.05) is 29.8 Å². The molecule has 0 bridgehead atoms. The van der Waals surface area contributed by atoms with E-state index >= 15 is 0 Å². The highest BCUT2D eigenvalue weighted by atomic mass is 79.9. The highest BCUT2D eigenvalue weighted by molar-refractivity contribution is 9.10. The first-order chi connectivity index (χ1) is 6.45. The first-order valence-corrected chi connectivity index (χ1v) is 7.50. The van der Waals surface area contributed by atoms with E-state index in [-0.39, 0.29) is 10.7 Å². The van der Waals surface area contributed by atoms with Gasteiger partial charge in [-0.3, -0.25) is 0 Å². The number of rotatable bonds is 7. The standard InChI is InChI=1S/C8H19BrN2O2S/c1-4-11(5-2)6-8(3)10-14(12,13)7-9/h8,10H,4-7H2,1-3H3. The lowest BCUT2D eigenvalue weighted by Gasteiger charge is -2.22. The van der Waals surface area contributed by atoms with Gasteiger partial charge in [-0.05, 0) is 20.0 Å². The molecule has 1 unspecified atom stereocenters. The van der Waals surface area contributed by atoms with Gasteiger partial charge < -0.3 is 4.90 Å². The molecular formula is C8H19BrN2O2S. The van der Waals surface area contributed by atoms with E-state index in [2.05, 4.69) is 39.4 Å². The predicted molar refractivity (Wildman–Crippen MR) is 63.1 cm³/mol. The summed E-state index contributed by atoms with van der Waals surface area (Å²) in [5.41, 5.74) is 0. The van der Waals surface area contributed by atoms with E-state index < -0.39 is 10.0 Å². The third kappa shape index (κ3) is 5.95. The molecule has 0 spiro atoms. The molecule has 0 aliphatic carbocycles. The maximum Gasteiger partial charge on any atom is 0.221 e. The molecule has 0 rings (SSSR count). The summed E-state index contributed by atoms with van der Waals surface area (Å²) in [6, 6.07) is -0.0440. The van der Waals surface area contributed by atoms with Crippen LogP contribution in [-0.2, 0) is 10.0 Å². The number of nitrogens with zero attached hydrogens (tertiary/aromatic N) is 1. The highest BCUT2D eigenvalue weighted by Crippen LogP contribution is 1.97. The second kappa shape index (κ2) is 6.76. The minimum Gasteiger partial charge on any atom is -0.302 e. The number of likely N-dealkylation sites (N-methyl/N-ethyl adjacent to an activating group) is 1. The van der Waals surface area contributed by atoms with Crippen LogP contribution in [0.25, 0.3) is 0 Å². The normalized spacial score (nSPS) is 14.6. The average Bonchev–Trinajstić information content (AvgIpc) is 2.13. The van der Waals surface area contributed by atoms with Crippen LogP contribution in [0.5, 0.6) is 0 Å². The Morgan fingerprint density at radius 2 is 1.86 bits per heavy atom. The van der Waals surface area contributed by atoms with Crippen LogP contribution in [0.1, 0.15) is 20.8 Å². The van der Waals surface area contributed by atoms with Crippen molar-refractivity contribution in [1.29, 1.82) is 0 Å². The third-order valence-electron chi connectivity index (χ3n) is 1.95. The summed E-state index contributed by atoms with van der Waals surface area (Å²) in [5, 5.41) is 0. The number of sulfonamides is 1. The molecule has 0 aliphatic rings. The van der Waals surface area contributed by atoms with Crippen LogP contribution in [0.15, 0.2) is 0 Å². The summed E-state index contributed by atoms with van der Waals surface area (Å²) < 4.78 is 24.9. The van der Waals surface area contributed by atoms with Gasteiger partial charge in [-0.2, -0.15) is 0 Å². The van der Waals surface area contributed by atoms with Crippen LogP contribution >= 0.6 is 15.9 Å². The molecule has 4 nitrogen and oxygen atoms in total. The molecule has 6 heteroatoms. The van der Waals surface area contributed by atoms with Crippen molar-refractivity contribution >= 4 is 26.0 Å². The number of halogens is 1. The molecule has 0 aliphatic heterocycles. The first kappa shape index (κ1) is 14.3. The molecule has 0 aromatic rings. The van der Waals surface area contributed by atoms with E-state index in [4.69, 9.17) is 0 Å². The topological polar surface area (TPSA) is 49.4 Å². The molecule has 0 fully saturated rings. The van der Waals surface area contributed by atoms with E-state index in [9.17, 15) is 8.42 Å². The molecule has 1 N–H and O–H groups in total. The molecule has 0 heterocycles. The fourth-order valence-electron chi connectivity index (χ4n) is 1.24. The minimum absolute atomic E-state index is 0.0391. The monoisotopic (exact) mass is 286 g/mol. The van der Waals surface area contributed by atoms with E-state index in [1.54, 1.807) is 0 Å². The molecule has 14 heavy (non-hydrogen) atoms. The Kier molecular flexibility index (Phi) is 6.93. The van der Waals surface area contributed by atoms with Crippen LogP contribution in [0.3, 0.4) is 0 Å². The van der Waals surface area contributed by atoms with E-state index in [0.717, 1.165) is 19.6 Å². The second-order valence-corrected chi connectivity index (χ2v) is 6.29. The summed E-state index contributed by atoms with van der Waals surface area (Å²) in [7, 11) is -3.14. The Bertz CT molecular complexity index is 240. The number of alkyl halides is 1. The smallest absolute Gasteiger partial charge is 0.221 e. The zero-order valence-electron chi connectivity index (χ0n) is 8.96. The van der Waals surface area contributed by atoms with Crippen molar-refractivity contribution in [2.75, 3.05) is 24.3 Å². The van der Waals surface area contributed by atoms with Crippen molar-refractivity contribution in [3.05, 3.63) is 0 Å². The van der Waals surface area contributed by atoms with Crippen molar-refractivity contribution in [2.24, 2.45) is 0 Å². The van der Waals surface area contributed by atoms with Gasteiger partial charge >= 0.3 is 0 Å². The molecule has 0 saturated heterocycles. The molecule has 0 radical (unpaired) electrons. The van der Waals surface area contributed by atoms with E-state index in [0.29, 0.717) is 0 Å². The Morgan fingerprint density at radius 3 is 2.21 bits per heavy atom. The van der Waals surface area contributed by atoms with Crippen molar-refractivity contribution in [3.8, 4) is 0 Å². The number of hydrogen-bond acceptors (Lipinski definition) is 3. The first-order valence-electron chi connectivity index (χ1n) is 4.73. The fraction of sp³-hybridized carbons (Fsp3) is 1.00. The van der Waals surface area contributed by atoms with Gasteiger partial charge in [-0.15, -0.1) is 0 Å². The van der Waals surface area contributed by atoms with Crippen LogP contribution in [0, 0.1) is 0 Å². The lowest BCUT2D eigenvalue weighted by Crippen LogP contribution is -2.42. The van der Waals surface area contributed by atoms with Gasteiger partial charge in [0, 0.05) is 12.6 Å². The van der Waals surface area contributed by atoms with Crippen molar-refractivity contribution < 1.29 is 8.42 Å². The zero-order chi connectivity index (χ0) is 11.2. The Balaban J connectivity index is 4.03. The Hall–Kier alpha value is 0.350. The number of nitrogens with one attached hydrogen (secondary N) is 1. The van der Waals surface area contributed by atoms with Gasteiger partial charge in [0.25, 0.3) is 0 Å². The molecule has 86 valence electrons. The summed E-state index contributed by atoms with van der Waals surface area (Å²) in [6.45, 7) is 8.63. The SMILES string of the molecule is CCN(CC)CC(C)NS(=O)(=O)CBr. The van der Waals surface area contributed by atoms with Gasteiger partial charge in [-0.25, -0.2) is 13.1 Å². The highest BCUT2D eigenvalue weighted by Gasteiger charge is 2.14. The van der Waals surface area contributed by atoms with Gasteiger partial charge in [0.05, 0.1) is 0 Å². The van der Waals surface area contributed by atoms with E-state index in [1.807, 2.05) is 6.92 Å². The second-order valence-electron chi connectivity index (χ2n) is 3.23. The van der Waals surface area contributed by atoms with Crippen molar-refractivity contribution in [1.82, 2.24) is 9.62 Å². The molecule has 0 saturated carbocycles. The van der Waals surface area contributed by atoms with Gasteiger partial charge in [0.2, 0.25) is 10.0 Å². The summed E-state index contributed by atoms with van der Waals surface area (Å²) >= 11 is 2.94. The van der Waals surface area contributed by atoms with Crippen LogP contribution in [-0.4, -0.2) is 43.7 Å². The lowest BCUT2D eigenvalue weighted by molar-refractivity contribution is 0.282. The Morgan fingerprint density at radius 1 is 1.36 bits per heavy atom. The molecule has 1 atom stereocenters. The molecular weight excluding hydrogens is 268 g/mol. The van der Waals surface area contributed by atoms with Gasteiger partial charge in [0.15, 0.2) is 0 Å². The van der Waals surface area contributed by atoms with Crippen molar-refractivity contribution in [3.63, 3.8) is 0 Å². The maximum atomic E-state index is 11.2. The predicted octanol–water partition coefficient (Wildman–Crippen LogP) is 0.989. The third-order valence-corrected chi connectivity index (χ3v) is 4.81. The van der Waals surface area contributed by atoms with Crippen LogP contribution in [0.2, 0.25) is 0 Å². The van der Waals surface area contributed by atoms with Crippen LogP contribution in [0.4, 0.5) is 0 Å². The minimum atomic E-state index is -3.14. The summed E-state index contributed by atoms with van der Waals surface area (Å²) in [6.07, 6.45) is 0. The molecule has 0 aromatic heterocycles. The average molecular weight is 287 g/mol. The number of hydrogen-bond donors (Lipinski definition) is 1. The Labute approximate surface area is 95.2 Å². The van der Waals surface area contributed by atoms with Crippen LogP contribution < -0.4 is 4.72 Å². The zero-order valence-corrected chi connectivity index (χ0v) is 11.4. The van der Waals surface area contributed by atoms with Crippen molar-refractivity contribution in [2.45, 2.75) is 26.8 Å². The lowest BCUT2D eigenvalue weighted by atomic mass is 10.3. The fourth-order valence-corrected chi connectivity index (χ4v) is 2.39. The maximum absolute atomic E-state index is 11.2. The quantitative estimate of drug-likeness (QED) is 0.710. The largest absolute Gasteiger partial charge is 0.302 e. The molecule has 0 aromatic carbocycles. The van der Waals surface area contributed by atoms with E-state index in [1.165, 1.54) is 0 Å². The van der Waals surface area contributed by atoms with Gasteiger partial charge in [0.1, 0.15) is 4.66 Å². The summed E-state index contributed by atoms with van der Waals surface area (Å²) in [5.74, 6) is 0. The molecule has 0 amide bonds.